The van der Waals surface area contributed by atoms with Gasteiger partial charge in [-0.2, -0.15) is 0 Å². The summed E-state index contributed by atoms with van der Waals surface area (Å²) in [4.78, 5) is 29.3. The largest absolute Gasteiger partial charge is 0.494 e. The second-order valence-electron chi connectivity index (χ2n) is 15.3. The third-order valence-corrected chi connectivity index (χ3v) is 12.1. The van der Waals surface area contributed by atoms with Crippen molar-refractivity contribution in [3.63, 3.8) is 0 Å². The Balaban J connectivity index is 1.22. The van der Waals surface area contributed by atoms with Gasteiger partial charge in [-0.25, -0.2) is 4.79 Å². The average molecular weight is 718 g/mol. The van der Waals surface area contributed by atoms with E-state index in [2.05, 4.69) is 36.3 Å². The van der Waals surface area contributed by atoms with Crippen molar-refractivity contribution in [3.05, 3.63) is 82.1 Å². The Kier molecular flexibility index (Phi) is 11.5. The number of rotatable bonds is 15. The molecule has 1 heterocycles. The van der Waals surface area contributed by atoms with Gasteiger partial charge >= 0.3 is 11.9 Å². The highest BCUT2D eigenvalue weighted by Gasteiger charge is 2.54. The number of carboxylic acids is 2. The van der Waals surface area contributed by atoms with E-state index in [4.69, 9.17) is 26.8 Å². The molecule has 10 heteroatoms. The van der Waals surface area contributed by atoms with Crippen LogP contribution >= 0.6 is 11.6 Å². The Hall–Kier alpha value is -3.82. The predicted molar refractivity (Wildman–Crippen MR) is 199 cm³/mol. The Morgan fingerprint density at radius 1 is 1.08 bits per heavy atom. The summed E-state index contributed by atoms with van der Waals surface area (Å²) in [5, 5.41) is 24.1. The lowest BCUT2D eigenvalue weighted by Crippen LogP contribution is -2.53. The van der Waals surface area contributed by atoms with Crippen LogP contribution < -0.4 is 20.5 Å². The molecule has 6 rings (SSSR count). The molecule has 1 fully saturated rings. The number of aryl methyl sites for hydroxylation is 1. The zero-order valence-corrected chi connectivity index (χ0v) is 30.6. The Bertz CT molecular complexity index is 1710. The van der Waals surface area contributed by atoms with Crippen LogP contribution in [0.2, 0.25) is 5.02 Å². The first-order valence-corrected chi connectivity index (χ1v) is 19.0. The number of halogens is 1. The van der Waals surface area contributed by atoms with Crippen molar-refractivity contribution in [3.8, 4) is 11.5 Å². The SMILES string of the molecule is C[C@@H](COc1ccnc2c1[C@H](C)CCC2)CC1Cc2ccc(OCCC(CCN)C(=O)O)cc2C12CCC(Nc1cccc(Cl)c1)(C(=O)O)CC2. The van der Waals surface area contributed by atoms with Gasteiger partial charge in [0, 0.05) is 28.2 Å². The number of hydrogen-bond donors (Lipinski definition) is 4. The molecule has 0 amide bonds. The van der Waals surface area contributed by atoms with Gasteiger partial charge < -0.3 is 30.7 Å². The number of carbonyl (C=O) groups is 2. The summed E-state index contributed by atoms with van der Waals surface area (Å²) in [6.45, 7) is 5.72. The number of benzene rings is 2. The molecule has 0 aliphatic heterocycles. The summed E-state index contributed by atoms with van der Waals surface area (Å²) in [6.07, 6.45) is 10.1. The third-order valence-electron chi connectivity index (χ3n) is 11.9. The van der Waals surface area contributed by atoms with Crippen molar-refractivity contribution in [2.45, 2.75) is 101 Å². The molecule has 0 bridgehead atoms. The number of nitrogens with one attached hydrogen (secondary N) is 1. The van der Waals surface area contributed by atoms with Crippen LogP contribution in [0.4, 0.5) is 5.69 Å². The number of nitrogens with two attached hydrogens (primary N) is 1. The van der Waals surface area contributed by atoms with E-state index in [1.807, 2.05) is 30.5 Å². The Labute approximate surface area is 306 Å². The Morgan fingerprint density at radius 2 is 1.88 bits per heavy atom. The molecular weight excluding hydrogens is 666 g/mol. The minimum absolute atomic E-state index is 0.231. The molecule has 51 heavy (non-hydrogen) atoms. The summed E-state index contributed by atoms with van der Waals surface area (Å²) in [6, 6.07) is 15.5. The zero-order valence-electron chi connectivity index (χ0n) is 29.8. The van der Waals surface area contributed by atoms with E-state index in [9.17, 15) is 19.8 Å². The van der Waals surface area contributed by atoms with E-state index in [1.165, 1.54) is 16.7 Å². The molecule has 0 saturated heterocycles. The highest BCUT2D eigenvalue weighted by atomic mass is 35.5. The quantitative estimate of drug-likeness (QED) is 0.123. The first-order chi connectivity index (χ1) is 24.5. The van der Waals surface area contributed by atoms with Crippen molar-refractivity contribution >= 4 is 29.2 Å². The van der Waals surface area contributed by atoms with E-state index >= 15 is 0 Å². The molecule has 2 aromatic carbocycles. The number of hydrogen-bond acceptors (Lipinski definition) is 7. The second kappa shape index (κ2) is 15.8. The van der Waals surface area contributed by atoms with Crippen LogP contribution in [0.5, 0.6) is 11.5 Å². The maximum atomic E-state index is 13.0. The van der Waals surface area contributed by atoms with Crippen molar-refractivity contribution in [2.75, 3.05) is 25.1 Å². The second-order valence-corrected chi connectivity index (χ2v) is 15.7. The summed E-state index contributed by atoms with van der Waals surface area (Å²) in [5.74, 6) is 0.418. The van der Waals surface area contributed by atoms with E-state index in [1.54, 1.807) is 12.1 Å². The molecule has 4 atom stereocenters. The standard InChI is InChI=1S/C41H52ClN3O6/c1-26(25-51-36-12-19-44-35-8-3-5-27(2)37(35)36)21-30-22-29-9-10-33(50-20-13-28(11-18-43)38(46)47)24-34(29)40(30)14-16-41(17-15-40,39(48)49)45-32-7-4-6-31(42)23-32/h4,6-7,9-10,12,19,23-24,26-28,30,45H,3,5,8,11,13-18,20-22,25,43H2,1-2H3,(H,46,47)(H,48,49)/t26-,27-,28?,30?,40?,41?/m1/s1. The summed E-state index contributed by atoms with van der Waals surface area (Å²) >= 11 is 6.27. The highest BCUT2D eigenvalue weighted by molar-refractivity contribution is 6.30. The summed E-state index contributed by atoms with van der Waals surface area (Å²) in [5.41, 5.74) is 9.93. The number of pyridine rings is 1. The Morgan fingerprint density at radius 3 is 2.61 bits per heavy atom. The first-order valence-electron chi connectivity index (χ1n) is 18.6. The lowest BCUT2D eigenvalue weighted by molar-refractivity contribution is -0.144. The van der Waals surface area contributed by atoms with E-state index in [0.29, 0.717) is 80.0 Å². The first kappa shape index (κ1) is 37.0. The van der Waals surface area contributed by atoms with E-state index < -0.39 is 23.4 Å². The fourth-order valence-electron chi connectivity index (χ4n) is 9.08. The predicted octanol–water partition coefficient (Wildman–Crippen LogP) is 8.02. The minimum atomic E-state index is -1.11. The van der Waals surface area contributed by atoms with Crippen molar-refractivity contribution in [1.29, 1.82) is 0 Å². The van der Waals surface area contributed by atoms with Gasteiger partial charge in [-0.15, -0.1) is 0 Å². The minimum Gasteiger partial charge on any atom is -0.494 e. The van der Waals surface area contributed by atoms with Crippen LogP contribution in [-0.2, 0) is 27.8 Å². The van der Waals surface area contributed by atoms with Gasteiger partial charge in [0.2, 0.25) is 0 Å². The van der Waals surface area contributed by atoms with Crippen molar-refractivity contribution < 1.29 is 29.3 Å². The zero-order chi connectivity index (χ0) is 36.2. The molecule has 2 unspecified atom stereocenters. The van der Waals surface area contributed by atoms with Gasteiger partial charge in [0.1, 0.15) is 17.0 Å². The molecule has 3 aliphatic carbocycles. The van der Waals surface area contributed by atoms with E-state index in [-0.39, 0.29) is 17.9 Å². The van der Waals surface area contributed by atoms with E-state index in [0.717, 1.165) is 43.5 Å². The van der Waals surface area contributed by atoms with Gasteiger partial charge in [0.15, 0.2) is 0 Å². The molecule has 0 radical (unpaired) electrons. The number of carboxylic acid groups (broad SMARTS) is 2. The fourth-order valence-corrected chi connectivity index (χ4v) is 9.27. The molecule has 274 valence electrons. The summed E-state index contributed by atoms with van der Waals surface area (Å²) in [7, 11) is 0. The van der Waals surface area contributed by atoms with Gasteiger partial charge in [0.25, 0.3) is 0 Å². The fraction of sp³-hybridized carbons (Fsp3) is 0.537. The van der Waals surface area contributed by atoms with Crippen LogP contribution in [0, 0.1) is 17.8 Å². The number of fused-ring (bicyclic) bond motifs is 3. The average Bonchev–Trinajstić information content (AvgIpc) is 3.39. The molecule has 1 spiro atoms. The molecule has 5 N–H and O–H groups in total. The van der Waals surface area contributed by atoms with Gasteiger partial charge in [-0.3, -0.25) is 9.78 Å². The number of aliphatic carboxylic acids is 2. The molecule has 9 nitrogen and oxygen atoms in total. The lowest BCUT2D eigenvalue weighted by atomic mass is 9.59. The maximum absolute atomic E-state index is 13.0. The van der Waals surface area contributed by atoms with Gasteiger partial charge in [-0.1, -0.05) is 37.6 Å². The number of ether oxygens (including phenoxy) is 2. The van der Waals surface area contributed by atoms with Crippen LogP contribution in [0.1, 0.15) is 99.9 Å². The maximum Gasteiger partial charge on any atom is 0.329 e. The highest BCUT2D eigenvalue weighted by Crippen LogP contribution is 2.57. The normalized spacial score (nSPS) is 25.0. The third kappa shape index (κ3) is 8.00. The number of nitrogens with zero attached hydrogens (tertiary/aromatic N) is 1. The lowest BCUT2D eigenvalue weighted by Gasteiger charge is -2.47. The molecule has 1 saturated carbocycles. The monoisotopic (exact) mass is 717 g/mol. The van der Waals surface area contributed by atoms with Crippen LogP contribution in [0.3, 0.4) is 0 Å². The topological polar surface area (TPSA) is 144 Å². The molecular formula is C41H52ClN3O6. The molecule has 3 aromatic rings. The van der Waals surface area contributed by atoms with Crippen molar-refractivity contribution in [1.82, 2.24) is 4.98 Å². The van der Waals surface area contributed by atoms with Gasteiger partial charge in [-0.05, 0) is 148 Å². The molecule has 1 aromatic heterocycles. The van der Waals surface area contributed by atoms with Crippen LogP contribution in [0.25, 0.3) is 0 Å². The van der Waals surface area contributed by atoms with Crippen LogP contribution in [0.15, 0.2) is 54.7 Å². The van der Waals surface area contributed by atoms with Gasteiger partial charge in [0.05, 0.1) is 19.1 Å². The number of aromatic nitrogens is 1. The van der Waals surface area contributed by atoms with Crippen molar-refractivity contribution in [2.24, 2.45) is 23.5 Å². The molecule has 3 aliphatic rings. The van der Waals surface area contributed by atoms with Crippen LogP contribution in [-0.4, -0.2) is 52.4 Å². The smallest absolute Gasteiger partial charge is 0.329 e. The summed E-state index contributed by atoms with van der Waals surface area (Å²) < 4.78 is 12.7. The number of anilines is 1.